The zero-order valence-electron chi connectivity index (χ0n) is 11.6. The topological polar surface area (TPSA) is 72.9 Å². The van der Waals surface area contributed by atoms with E-state index in [-0.39, 0.29) is 5.91 Å². The van der Waals surface area contributed by atoms with Gasteiger partial charge in [-0.15, -0.1) is 11.8 Å². The summed E-state index contributed by atoms with van der Waals surface area (Å²) >= 11 is 1.62. The summed E-state index contributed by atoms with van der Waals surface area (Å²) in [5.74, 6) is 0.717. The van der Waals surface area contributed by atoms with Crippen molar-refractivity contribution in [1.82, 2.24) is 9.78 Å². The van der Waals surface area contributed by atoms with Crippen LogP contribution in [0.3, 0.4) is 0 Å². The van der Waals surface area contributed by atoms with Crippen LogP contribution in [0.25, 0.3) is 0 Å². The summed E-state index contributed by atoms with van der Waals surface area (Å²) in [6.07, 6.45) is 4.18. The summed E-state index contributed by atoms with van der Waals surface area (Å²) in [4.78, 5) is 13.0. The molecular formula is C14H18N4OS. The summed E-state index contributed by atoms with van der Waals surface area (Å²) in [5, 5.41) is 6.97. The number of hydrogen-bond donors (Lipinski definition) is 2. The predicted molar refractivity (Wildman–Crippen MR) is 82.8 cm³/mol. The number of nitrogens with two attached hydrogens (primary N) is 1. The van der Waals surface area contributed by atoms with Gasteiger partial charge in [0.15, 0.2) is 0 Å². The van der Waals surface area contributed by atoms with Crippen molar-refractivity contribution >= 4 is 29.0 Å². The number of rotatable bonds is 5. The summed E-state index contributed by atoms with van der Waals surface area (Å²) in [6.45, 7) is 1.90. The van der Waals surface area contributed by atoms with E-state index in [0.717, 1.165) is 21.9 Å². The Morgan fingerprint density at radius 3 is 3.00 bits per heavy atom. The van der Waals surface area contributed by atoms with E-state index in [4.69, 9.17) is 5.73 Å². The fourth-order valence-electron chi connectivity index (χ4n) is 1.74. The number of thioether (sulfide) groups is 1. The van der Waals surface area contributed by atoms with Gasteiger partial charge >= 0.3 is 0 Å². The van der Waals surface area contributed by atoms with E-state index >= 15 is 0 Å². The van der Waals surface area contributed by atoms with Crippen LogP contribution in [0.15, 0.2) is 35.5 Å². The molecule has 3 N–H and O–H groups in total. The van der Waals surface area contributed by atoms with Crippen LogP contribution in [-0.2, 0) is 11.8 Å². The molecule has 1 aromatic heterocycles. The van der Waals surface area contributed by atoms with Crippen LogP contribution in [-0.4, -0.2) is 21.4 Å². The highest BCUT2D eigenvalue weighted by atomic mass is 32.2. The van der Waals surface area contributed by atoms with Gasteiger partial charge in [0.25, 0.3) is 0 Å². The Morgan fingerprint density at radius 2 is 2.30 bits per heavy atom. The van der Waals surface area contributed by atoms with Gasteiger partial charge in [-0.05, 0) is 24.6 Å². The predicted octanol–water partition coefficient (Wildman–Crippen LogP) is 2.43. The van der Waals surface area contributed by atoms with Crippen molar-refractivity contribution in [3.8, 4) is 0 Å². The fraction of sp³-hybridized carbons (Fsp3) is 0.286. The van der Waals surface area contributed by atoms with E-state index in [0.29, 0.717) is 12.1 Å². The average Bonchev–Trinajstić information content (AvgIpc) is 2.81. The number of nitrogens with one attached hydrogen (secondary N) is 1. The molecule has 0 aliphatic carbocycles. The zero-order valence-corrected chi connectivity index (χ0v) is 12.4. The number of carbonyl (C=O) groups is 1. The van der Waals surface area contributed by atoms with Gasteiger partial charge in [0.2, 0.25) is 5.91 Å². The zero-order chi connectivity index (χ0) is 14.5. The van der Waals surface area contributed by atoms with Crippen molar-refractivity contribution in [2.75, 3.05) is 16.8 Å². The van der Waals surface area contributed by atoms with Crippen LogP contribution < -0.4 is 11.1 Å². The Balaban J connectivity index is 1.82. The molecule has 0 spiro atoms. The number of nitrogens with zero attached hydrogens (tertiary/aromatic N) is 2. The van der Waals surface area contributed by atoms with Gasteiger partial charge in [-0.3, -0.25) is 9.48 Å². The molecule has 0 aliphatic heterocycles. The maximum absolute atomic E-state index is 11.9. The van der Waals surface area contributed by atoms with Crippen LogP contribution in [0.5, 0.6) is 0 Å². The molecule has 0 bridgehead atoms. The van der Waals surface area contributed by atoms with Crippen LogP contribution in [0.1, 0.15) is 12.0 Å². The van der Waals surface area contributed by atoms with Gasteiger partial charge in [-0.1, -0.05) is 6.07 Å². The quantitative estimate of drug-likeness (QED) is 0.655. The Hall–Kier alpha value is -1.95. The normalized spacial score (nSPS) is 10.5. The monoisotopic (exact) mass is 290 g/mol. The SMILES string of the molecule is Cc1c(N)cccc1NC(=O)CCSc1cnn(C)c1. The first kappa shape index (κ1) is 14.5. The third-order valence-corrected chi connectivity index (χ3v) is 3.88. The van der Waals surface area contributed by atoms with Crippen molar-refractivity contribution in [2.45, 2.75) is 18.2 Å². The summed E-state index contributed by atoms with van der Waals surface area (Å²) in [6, 6.07) is 5.52. The molecule has 0 saturated heterocycles. The summed E-state index contributed by atoms with van der Waals surface area (Å²) < 4.78 is 1.75. The highest BCUT2D eigenvalue weighted by molar-refractivity contribution is 7.99. The standard InChI is InChI=1S/C14H18N4OS/c1-10-12(15)4-3-5-13(10)17-14(19)6-7-20-11-8-16-18(2)9-11/h3-5,8-9H,6-7,15H2,1-2H3,(H,17,19). The molecule has 106 valence electrons. The highest BCUT2D eigenvalue weighted by Gasteiger charge is 2.07. The highest BCUT2D eigenvalue weighted by Crippen LogP contribution is 2.21. The minimum absolute atomic E-state index is 0.00455. The lowest BCUT2D eigenvalue weighted by Crippen LogP contribution is -2.13. The largest absolute Gasteiger partial charge is 0.398 e. The maximum atomic E-state index is 11.9. The Morgan fingerprint density at radius 1 is 1.50 bits per heavy atom. The lowest BCUT2D eigenvalue weighted by atomic mass is 10.1. The molecule has 1 amide bonds. The van der Waals surface area contributed by atoms with Gasteiger partial charge in [0.05, 0.1) is 6.20 Å². The third kappa shape index (κ3) is 3.77. The molecule has 0 fully saturated rings. The number of aromatic nitrogens is 2. The van der Waals surface area contributed by atoms with Gasteiger partial charge < -0.3 is 11.1 Å². The van der Waals surface area contributed by atoms with Crippen LogP contribution in [0.2, 0.25) is 0 Å². The smallest absolute Gasteiger partial charge is 0.225 e. The van der Waals surface area contributed by atoms with Crippen molar-refractivity contribution < 1.29 is 4.79 Å². The van der Waals surface area contributed by atoms with E-state index in [2.05, 4.69) is 10.4 Å². The van der Waals surface area contributed by atoms with Crippen molar-refractivity contribution in [3.63, 3.8) is 0 Å². The molecule has 0 radical (unpaired) electrons. The molecule has 0 aliphatic rings. The Labute approximate surface area is 122 Å². The van der Waals surface area contributed by atoms with Crippen LogP contribution in [0, 0.1) is 6.92 Å². The lowest BCUT2D eigenvalue weighted by Gasteiger charge is -2.09. The molecule has 2 rings (SSSR count). The van der Waals surface area contributed by atoms with Crippen molar-refractivity contribution in [2.24, 2.45) is 7.05 Å². The second-order valence-electron chi connectivity index (χ2n) is 4.52. The van der Waals surface area contributed by atoms with Gasteiger partial charge in [0.1, 0.15) is 0 Å². The van der Waals surface area contributed by atoms with E-state index in [1.165, 1.54) is 0 Å². The van der Waals surface area contributed by atoms with Crippen LogP contribution in [0.4, 0.5) is 11.4 Å². The summed E-state index contributed by atoms with van der Waals surface area (Å²) in [5.41, 5.74) is 8.18. The summed E-state index contributed by atoms with van der Waals surface area (Å²) in [7, 11) is 1.87. The van der Waals surface area contributed by atoms with Crippen molar-refractivity contribution in [1.29, 1.82) is 0 Å². The molecule has 20 heavy (non-hydrogen) atoms. The minimum atomic E-state index is -0.00455. The second-order valence-corrected chi connectivity index (χ2v) is 5.68. The molecule has 2 aromatic rings. The molecule has 0 unspecified atom stereocenters. The molecule has 5 nitrogen and oxygen atoms in total. The maximum Gasteiger partial charge on any atom is 0.225 e. The molecule has 0 saturated carbocycles. The minimum Gasteiger partial charge on any atom is -0.398 e. The lowest BCUT2D eigenvalue weighted by molar-refractivity contribution is -0.115. The van der Waals surface area contributed by atoms with E-state index < -0.39 is 0 Å². The number of anilines is 2. The van der Waals surface area contributed by atoms with Gasteiger partial charge in [-0.25, -0.2) is 0 Å². The molecule has 1 aromatic carbocycles. The van der Waals surface area contributed by atoms with Gasteiger partial charge in [-0.2, -0.15) is 5.10 Å². The number of nitrogen functional groups attached to an aromatic ring is 1. The Bertz CT molecular complexity index is 609. The van der Waals surface area contributed by atoms with E-state index in [1.807, 2.05) is 38.4 Å². The first-order valence-electron chi connectivity index (χ1n) is 6.32. The second kappa shape index (κ2) is 6.47. The van der Waals surface area contributed by atoms with Crippen LogP contribution >= 0.6 is 11.8 Å². The number of hydrogen-bond acceptors (Lipinski definition) is 4. The third-order valence-electron chi connectivity index (χ3n) is 2.93. The number of benzene rings is 1. The number of carbonyl (C=O) groups excluding carboxylic acids is 1. The first-order chi connectivity index (χ1) is 9.56. The molecule has 0 atom stereocenters. The van der Waals surface area contributed by atoms with Gasteiger partial charge in [0, 0.05) is 41.7 Å². The Kier molecular flexibility index (Phi) is 4.68. The molecule has 1 heterocycles. The van der Waals surface area contributed by atoms with E-state index in [1.54, 1.807) is 22.6 Å². The fourth-order valence-corrected chi connectivity index (χ4v) is 2.61. The molecular weight excluding hydrogens is 272 g/mol. The average molecular weight is 290 g/mol. The number of aryl methyl sites for hydroxylation is 1. The van der Waals surface area contributed by atoms with Crippen molar-refractivity contribution in [3.05, 3.63) is 36.2 Å². The number of amides is 1. The first-order valence-corrected chi connectivity index (χ1v) is 7.31. The molecule has 6 heteroatoms. The van der Waals surface area contributed by atoms with E-state index in [9.17, 15) is 4.79 Å².